The number of halogens is 1. The molecule has 0 aliphatic carbocycles. The smallest absolute Gasteiger partial charge is 0.247 e. The minimum absolute atomic E-state index is 0.0783. The van der Waals surface area contributed by atoms with Crippen molar-refractivity contribution in [2.24, 2.45) is 0 Å². The lowest BCUT2D eigenvalue weighted by Crippen LogP contribution is -2.35. The molecule has 1 aromatic carbocycles. The van der Waals surface area contributed by atoms with Gasteiger partial charge in [-0.2, -0.15) is 0 Å². The van der Waals surface area contributed by atoms with Gasteiger partial charge in [0.1, 0.15) is 0 Å². The highest BCUT2D eigenvalue weighted by Gasteiger charge is 2.08. The van der Waals surface area contributed by atoms with Gasteiger partial charge in [-0.05, 0) is 31.6 Å². The minimum atomic E-state index is -0.253. The summed E-state index contributed by atoms with van der Waals surface area (Å²) in [5.41, 5.74) is 1.36. The molecule has 2 N–H and O–H groups in total. The fraction of sp³-hybridized carbons (Fsp3) is 0.308. The predicted octanol–water partition coefficient (Wildman–Crippen LogP) is 2.24. The highest BCUT2D eigenvalue weighted by Crippen LogP contribution is 2.18. The fourth-order valence-corrected chi connectivity index (χ4v) is 1.46. The Morgan fingerprint density at radius 2 is 2.18 bits per heavy atom. The molecular weight excluding hydrogens is 238 g/mol. The number of aliphatic hydroxyl groups is 1. The molecule has 17 heavy (non-hydrogen) atoms. The number of aliphatic hydroxyl groups excluding tert-OH is 1. The van der Waals surface area contributed by atoms with E-state index in [1.54, 1.807) is 26.0 Å². The van der Waals surface area contributed by atoms with E-state index in [9.17, 15) is 4.79 Å². The highest BCUT2D eigenvalue weighted by atomic mass is 35.5. The first-order chi connectivity index (χ1) is 8.04. The van der Waals surface area contributed by atoms with Crippen LogP contribution in [0.1, 0.15) is 19.4 Å². The lowest BCUT2D eigenvalue weighted by atomic mass is 10.1. The summed E-state index contributed by atoms with van der Waals surface area (Å²) in [5.74, 6) is -0.202. The topological polar surface area (TPSA) is 49.3 Å². The standard InChI is InChI=1S/C13H16ClNO2/c1-9(13(17)15-10(2)8-16)7-11-5-3-4-6-12(11)14/h3-7,10,16H,8H2,1-2H3,(H,15,17)/b9-7+. The maximum Gasteiger partial charge on any atom is 0.247 e. The van der Waals surface area contributed by atoms with Crippen LogP contribution in [0.3, 0.4) is 0 Å². The van der Waals surface area contributed by atoms with Crippen molar-refractivity contribution in [1.29, 1.82) is 0 Å². The number of hydrogen-bond acceptors (Lipinski definition) is 2. The Labute approximate surface area is 106 Å². The second-order valence-electron chi connectivity index (χ2n) is 3.91. The largest absolute Gasteiger partial charge is 0.394 e. The van der Waals surface area contributed by atoms with E-state index in [-0.39, 0.29) is 18.6 Å². The Bertz CT molecular complexity index is 429. The van der Waals surface area contributed by atoms with Crippen LogP contribution in [0, 0.1) is 0 Å². The van der Waals surface area contributed by atoms with E-state index in [0.717, 1.165) is 5.56 Å². The molecule has 92 valence electrons. The molecule has 1 amide bonds. The number of carbonyl (C=O) groups excluding carboxylic acids is 1. The number of hydrogen-bond donors (Lipinski definition) is 2. The van der Waals surface area contributed by atoms with E-state index in [1.807, 2.05) is 18.2 Å². The molecular formula is C13H16ClNO2. The first kappa shape index (κ1) is 13.7. The predicted molar refractivity (Wildman–Crippen MR) is 69.8 cm³/mol. The Morgan fingerprint density at radius 3 is 2.76 bits per heavy atom. The molecule has 1 atom stereocenters. The first-order valence-electron chi connectivity index (χ1n) is 5.39. The van der Waals surface area contributed by atoms with Crippen molar-refractivity contribution in [3.63, 3.8) is 0 Å². The maximum absolute atomic E-state index is 11.7. The van der Waals surface area contributed by atoms with Gasteiger partial charge in [0, 0.05) is 16.6 Å². The molecule has 1 unspecified atom stereocenters. The average Bonchev–Trinajstić information content (AvgIpc) is 2.31. The van der Waals surface area contributed by atoms with Crippen LogP contribution in [0.4, 0.5) is 0 Å². The Kier molecular flexibility index (Phi) is 5.19. The summed E-state index contributed by atoms with van der Waals surface area (Å²) in [7, 11) is 0. The SMILES string of the molecule is C/C(=C\c1ccccc1Cl)C(=O)NC(C)CO. The molecule has 4 heteroatoms. The lowest BCUT2D eigenvalue weighted by molar-refractivity contribution is -0.118. The van der Waals surface area contributed by atoms with Crippen LogP contribution in [-0.4, -0.2) is 23.7 Å². The normalized spacial score (nSPS) is 13.3. The summed E-state index contributed by atoms with van der Waals surface area (Å²) in [6.07, 6.45) is 1.72. The lowest BCUT2D eigenvalue weighted by Gasteiger charge is -2.11. The number of nitrogens with one attached hydrogen (secondary N) is 1. The van der Waals surface area contributed by atoms with Gasteiger partial charge in [0.05, 0.1) is 6.61 Å². The van der Waals surface area contributed by atoms with Crippen LogP contribution in [0.2, 0.25) is 5.02 Å². The van der Waals surface area contributed by atoms with Crippen molar-refractivity contribution in [3.05, 3.63) is 40.4 Å². The number of amides is 1. The van der Waals surface area contributed by atoms with E-state index in [4.69, 9.17) is 16.7 Å². The molecule has 0 saturated heterocycles. The second kappa shape index (κ2) is 6.42. The van der Waals surface area contributed by atoms with Gasteiger partial charge in [-0.25, -0.2) is 0 Å². The fourth-order valence-electron chi connectivity index (χ4n) is 1.27. The van der Waals surface area contributed by atoms with E-state index in [1.165, 1.54) is 0 Å². The van der Waals surface area contributed by atoms with E-state index in [0.29, 0.717) is 10.6 Å². The van der Waals surface area contributed by atoms with Gasteiger partial charge in [0.15, 0.2) is 0 Å². The van der Waals surface area contributed by atoms with Crippen LogP contribution in [0.15, 0.2) is 29.8 Å². The van der Waals surface area contributed by atoms with Gasteiger partial charge < -0.3 is 10.4 Å². The van der Waals surface area contributed by atoms with Crippen LogP contribution in [0.5, 0.6) is 0 Å². The molecule has 3 nitrogen and oxygen atoms in total. The van der Waals surface area contributed by atoms with Gasteiger partial charge >= 0.3 is 0 Å². The van der Waals surface area contributed by atoms with Crippen molar-refractivity contribution in [2.75, 3.05) is 6.61 Å². The van der Waals surface area contributed by atoms with Crippen LogP contribution < -0.4 is 5.32 Å². The molecule has 1 rings (SSSR count). The van der Waals surface area contributed by atoms with Crippen molar-refractivity contribution in [3.8, 4) is 0 Å². The zero-order chi connectivity index (χ0) is 12.8. The third kappa shape index (κ3) is 4.21. The maximum atomic E-state index is 11.7. The van der Waals surface area contributed by atoms with E-state index in [2.05, 4.69) is 5.32 Å². The molecule has 0 fully saturated rings. The van der Waals surface area contributed by atoms with Crippen molar-refractivity contribution >= 4 is 23.6 Å². The van der Waals surface area contributed by atoms with Crippen LogP contribution in [0.25, 0.3) is 6.08 Å². The van der Waals surface area contributed by atoms with Gasteiger partial charge in [-0.1, -0.05) is 29.8 Å². The molecule has 0 bridgehead atoms. The summed E-state index contributed by atoms with van der Waals surface area (Å²) in [5, 5.41) is 12.1. The number of carbonyl (C=O) groups is 1. The van der Waals surface area contributed by atoms with Crippen molar-refractivity contribution in [1.82, 2.24) is 5.32 Å². The van der Waals surface area contributed by atoms with Gasteiger partial charge in [-0.3, -0.25) is 4.79 Å². The van der Waals surface area contributed by atoms with Crippen LogP contribution >= 0.6 is 11.6 Å². The summed E-state index contributed by atoms with van der Waals surface area (Å²) in [6, 6.07) is 7.06. The zero-order valence-electron chi connectivity index (χ0n) is 9.90. The van der Waals surface area contributed by atoms with Gasteiger partial charge in [0.25, 0.3) is 0 Å². The first-order valence-corrected chi connectivity index (χ1v) is 5.77. The number of benzene rings is 1. The average molecular weight is 254 g/mol. The van der Waals surface area contributed by atoms with Gasteiger partial charge in [0.2, 0.25) is 5.91 Å². The summed E-state index contributed by atoms with van der Waals surface area (Å²) in [6.45, 7) is 3.37. The minimum Gasteiger partial charge on any atom is -0.394 e. The third-order valence-electron chi connectivity index (χ3n) is 2.29. The quantitative estimate of drug-likeness (QED) is 0.809. The monoisotopic (exact) mass is 253 g/mol. The van der Waals surface area contributed by atoms with Crippen molar-refractivity contribution in [2.45, 2.75) is 19.9 Å². The third-order valence-corrected chi connectivity index (χ3v) is 2.63. The summed E-state index contributed by atoms with van der Waals surface area (Å²) >= 11 is 5.99. The summed E-state index contributed by atoms with van der Waals surface area (Å²) in [4.78, 5) is 11.7. The van der Waals surface area contributed by atoms with E-state index >= 15 is 0 Å². The second-order valence-corrected chi connectivity index (χ2v) is 4.31. The molecule has 0 aromatic heterocycles. The zero-order valence-corrected chi connectivity index (χ0v) is 10.7. The molecule has 0 aliphatic rings. The molecule has 0 spiro atoms. The molecule has 0 heterocycles. The highest BCUT2D eigenvalue weighted by molar-refractivity contribution is 6.32. The summed E-state index contributed by atoms with van der Waals surface area (Å²) < 4.78 is 0. The Hall–Kier alpha value is -1.32. The molecule has 0 aliphatic heterocycles. The Balaban J connectivity index is 2.79. The van der Waals surface area contributed by atoms with E-state index < -0.39 is 0 Å². The Morgan fingerprint density at radius 1 is 1.53 bits per heavy atom. The van der Waals surface area contributed by atoms with Crippen LogP contribution in [-0.2, 0) is 4.79 Å². The number of rotatable bonds is 4. The van der Waals surface area contributed by atoms with Crippen molar-refractivity contribution < 1.29 is 9.90 Å². The molecule has 1 aromatic rings. The van der Waals surface area contributed by atoms with Gasteiger partial charge in [-0.15, -0.1) is 0 Å². The molecule has 0 saturated carbocycles. The molecule has 0 radical (unpaired) electrons.